The van der Waals surface area contributed by atoms with Gasteiger partial charge >= 0.3 is 0 Å². The zero-order chi connectivity index (χ0) is 20.5. The first kappa shape index (κ1) is 20.6. The fourth-order valence-electron chi connectivity index (χ4n) is 3.77. The van der Waals surface area contributed by atoms with Gasteiger partial charge in [-0.15, -0.1) is 0 Å². The Kier molecular flexibility index (Phi) is 5.95. The van der Waals surface area contributed by atoms with Crippen molar-refractivity contribution in [1.29, 1.82) is 0 Å². The van der Waals surface area contributed by atoms with Gasteiger partial charge in [0, 0.05) is 25.3 Å². The zero-order valence-corrected chi connectivity index (χ0v) is 17.8. The van der Waals surface area contributed by atoms with Gasteiger partial charge in [-0.05, 0) is 56.2 Å². The lowest BCUT2D eigenvalue weighted by Gasteiger charge is -2.29. The van der Waals surface area contributed by atoms with E-state index in [-0.39, 0.29) is 10.8 Å². The number of aromatic amines is 1. The predicted molar refractivity (Wildman–Crippen MR) is 110 cm³/mol. The number of amides is 1. The van der Waals surface area contributed by atoms with Crippen LogP contribution >= 0.6 is 0 Å². The van der Waals surface area contributed by atoms with Gasteiger partial charge in [-0.1, -0.05) is 31.2 Å². The van der Waals surface area contributed by atoms with Crippen LogP contribution in [0.15, 0.2) is 29.2 Å². The van der Waals surface area contributed by atoms with Crippen LogP contribution in [0, 0.1) is 26.7 Å². The van der Waals surface area contributed by atoms with Gasteiger partial charge in [-0.25, -0.2) is 8.42 Å². The number of sulfonamides is 1. The number of aromatic nitrogens is 1. The van der Waals surface area contributed by atoms with Gasteiger partial charge in [0.15, 0.2) is 0 Å². The van der Waals surface area contributed by atoms with E-state index in [1.54, 1.807) is 18.2 Å². The van der Waals surface area contributed by atoms with Crippen LogP contribution in [0.1, 0.15) is 52.6 Å². The van der Waals surface area contributed by atoms with Crippen molar-refractivity contribution in [2.45, 2.75) is 52.0 Å². The Morgan fingerprint density at radius 1 is 1.18 bits per heavy atom. The van der Waals surface area contributed by atoms with Crippen molar-refractivity contribution in [3.63, 3.8) is 0 Å². The van der Waals surface area contributed by atoms with Crippen molar-refractivity contribution in [2.75, 3.05) is 13.1 Å². The molecule has 2 heterocycles. The highest BCUT2D eigenvalue weighted by atomic mass is 32.2. The third-order valence-electron chi connectivity index (χ3n) is 5.64. The summed E-state index contributed by atoms with van der Waals surface area (Å²) in [5.74, 6) is 0.250. The van der Waals surface area contributed by atoms with Crippen LogP contribution < -0.4 is 5.32 Å². The lowest BCUT2D eigenvalue weighted by atomic mass is 10.0. The van der Waals surface area contributed by atoms with Gasteiger partial charge in [0.2, 0.25) is 10.0 Å². The number of piperidine rings is 1. The number of carbonyl (C=O) groups is 1. The molecule has 1 saturated heterocycles. The number of aryl methyl sites for hydroxylation is 2. The smallest absolute Gasteiger partial charge is 0.268 e. The largest absolute Gasteiger partial charge is 0.353 e. The minimum atomic E-state index is -3.61. The standard InChI is InChI=1S/C21H29N3O3S/c1-14-9-11-24(12-10-14)28(26,27)20-16(3)19(23-17(20)4)21(25)22-13-18-8-6-5-7-15(18)2/h5-8,14,23H,9-13H2,1-4H3,(H,22,25). The zero-order valence-electron chi connectivity index (χ0n) is 17.0. The van der Waals surface area contributed by atoms with Crippen molar-refractivity contribution in [1.82, 2.24) is 14.6 Å². The Labute approximate surface area is 167 Å². The summed E-state index contributed by atoms with van der Waals surface area (Å²) in [4.78, 5) is 15.9. The number of H-pyrrole nitrogens is 1. The van der Waals surface area contributed by atoms with E-state index in [1.807, 2.05) is 31.2 Å². The normalized spacial score (nSPS) is 16.3. The highest BCUT2D eigenvalue weighted by Gasteiger charge is 2.33. The molecule has 1 aromatic heterocycles. The molecule has 0 atom stereocenters. The number of benzene rings is 1. The Balaban J connectivity index is 1.81. The molecule has 1 fully saturated rings. The van der Waals surface area contributed by atoms with Crippen molar-refractivity contribution < 1.29 is 13.2 Å². The number of nitrogens with zero attached hydrogens (tertiary/aromatic N) is 1. The van der Waals surface area contributed by atoms with Gasteiger partial charge in [0.25, 0.3) is 5.91 Å². The maximum absolute atomic E-state index is 13.2. The number of nitrogens with one attached hydrogen (secondary N) is 2. The monoisotopic (exact) mass is 403 g/mol. The third-order valence-corrected chi connectivity index (χ3v) is 7.81. The summed E-state index contributed by atoms with van der Waals surface area (Å²) in [5.41, 5.74) is 3.45. The van der Waals surface area contributed by atoms with Crippen LogP contribution in [0.5, 0.6) is 0 Å². The molecule has 28 heavy (non-hydrogen) atoms. The van der Waals surface area contributed by atoms with Crippen LogP contribution in [0.25, 0.3) is 0 Å². The summed E-state index contributed by atoms with van der Waals surface area (Å²) in [5, 5.41) is 2.90. The molecular weight excluding hydrogens is 374 g/mol. The lowest BCUT2D eigenvalue weighted by Crippen LogP contribution is -2.38. The van der Waals surface area contributed by atoms with Gasteiger partial charge in [0.1, 0.15) is 10.6 Å². The number of hydrogen-bond donors (Lipinski definition) is 2. The van der Waals surface area contributed by atoms with E-state index in [0.717, 1.165) is 24.0 Å². The summed E-state index contributed by atoms with van der Waals surface area (Å²) in [7, 11) is -3.61. The second-order valence-electron chi connectivity index (χ2n) is 7.77. The topological polar surface area (TPSA) is 82.3 Å². The predicted octanol–water partition coefficient (Wildman–Crippen LogP) is 3.29. The molecule has 1 aromatic carbocycles. The fraction of sp³-hybridized carbons (Fsp3) is 0.476. The number of rotatable bonds is 5. The number of hydrogen-bond acceptors (Lipinski definition) is 3. The van der Waals surface area contributed by atoms with Crippen molar-refractivity contribution >= 4 is 15.9 Å². The summed E-state index contributed by atoms with van der Waals surface area (Å²) in [6, 6.07) is 7.85. The van der Waals surface area contributed by atoms with Gasteiger partial charge < -0.3 is 10.3 Å². The van der Waals surface area contributed by atoms with E-state index in [9.17, 15) is 13.2 Å². The third kappa shape index (κ3) is 4.00. The Morgan fingerprint density at radius 2 is 1.82 bits per heavy atom. The minimum absolute atomic E-state index is 0.239. The van der Waals surface area contributed by atoms with Crippen molar-refractivity contribution in [3.05, 3.63) is 52.3 Å². The minimum Gasteiger partial charge on any atom is -0.353 e. The molecule has 0 radical (unpaired) electrons. The van der Waals surface area contributed by atoms with Crippen LogP contribution in [-0.2, 0) is 16.6 Å². The summed E-state index contributed by atoms with van der Waals surface area (Å²) in [6.45, 7) is 9.01. The second kappa shape index (κ2) is 8.09. The summed E-state index contributed by atoms with van der Waals surface area (Å²) < 4.78 is 27.9. The van der Waals surface area contributed by atoms with E-state index < -0.39 is 10.0 Å². The van der Waals surface area contributed by atoms with Gasteiger partial charge in [-0.2, -0.15) is 4.31 Å². The molecule has 0 saturated carbocycles. The number of carbonyl (C=O) groups excluding carboxylic acids is 1. The van der Waals surface area contributed by atoms with E-state index in [1.165, 1.54) is 0 Å². The first-order valence-corrected chi connectivity index (χ1v) is 11.2. The lowest BCUT2D eigenvalue weighted by molar-refractivity contribution is 0.0945. The SMILES string of the molecule is Cc1ccccc1CNC(=O)c1[nH]c(C)c(S(=O)(=O)N2CCC(C)CC2)c1C. The average Bonchev–Trinajstić information content (AvgIpc) is 2.96. The molecule has 2 N–H and O–H groups in total. The first-order valence-electron chi connectivity index (χ1n) is 9.73. The van der Waals surface area contributed by atoms with Gasteiger partial charge in [-0.3, -0.25) is 4.79 Å². The average molecular weight is 404 g/mol. The van der Waals surface area contributed by atoms with Crippen LogP contribution in [0.4, 0.5) is 0 Å². The molecule has 0 unspecified atom stereocenters. The molecule has 0 aliphatic carbocycles. The first-order chi connectivity index (χ1) is 13.2. The van der Waals surface area contributed by atoms with Gasteiger partial charge in [0.05, 0.1) is 0 Å². The second-order valence-corrected chi connectivity index (χ2v) is 9.65. The molecule has 1 amide bonds. The molecule has 152 valence electrons. The van der Waals surface area contributed by atoms with Crippen LogP contribution in [0.2, 0.25) is 0 Å². The molecule has 1 aliphatic heterocycles. The molecule has 6 nitrogen and oxygen atoms in total. The van der Waals surface area contributed by atoms with E-state index in [2.05, 4.69) is 17.2 Å². The maximum Gasteiger partial charge on any atom is 0.268 e. The Hall–Kier alpha value is -2.12. The molecule has 0 spiro atoms. The quantitative estimate of drug-likeness (QED) is 0.804. The molecular formula is C21H29N3O3S. The summed E-state index contributed by atoms with van der Waals surface area (Å²) in [6.07, 6.45) is 1.73. The molecule has 0 bridgehead atoms. The highest BCUT2D eigenvalue weighted by molar-refractivity contribution is 7.89. The maximum atomic E-state index is 13.2. The molecule has 1 aliphatic rings. The van der Waals surface area contributed by atoms with Crippen LogP contribution in [-0.4, -0.2) is 36.7 Å². The Bertz CT molecular complexity index is 971. The molecule has 2 aromatic rings. The summed E-state index contributed by atoms with van der Waals surface area (Å²) >= 11 is 0. The fourth-order valence-corrected chi connectivity index (χ4v) is 5.65. The Morgan fingerprint density at radius 3 is 2.46 bits per heavy atom. The van der Waals surface area contributed by atoms with E-state index >= 15 is 0 Å². The van der Waals surface area contributed by atoms with E-state index in [4.69, 9.17) is 0 Å². The molecule has 3 rings (SSSR count). The van der Waals surface area contributed by atoms with Crippen molar-refractivity contribution in [2.24, 2.45) is 5.92 Å². The molecule has 7 heteroatoms. The van der Waals surface area contributed by atoms with Crippen LogP contribution in [0.3, 0.4) is 0 Å². The van der Waals surface area contributed by atoms with Crippen molar-refractivity contribution in [3.8, 4) is 0 Å². The van der Waals surface area contributed by atoms with E-state index in [0.29, 0.717) is 42.5 Å². The highest BCUT2D eigenvalue weighted by Crippen LogP contribution is 2.29.